The molecule has 0 aliphatic rings. The van der Waals surface area contributed by atoms with Crippen LogP contribution in [0, 0.1) is 11.3 Å². The lowest BCUT2D eigenvalue weighted by molar-refractivity contribution is -0.110. The van der Waals surface area contributed by atoms with E-state index in [4.69, 9.17) is 33.3 Å². The van der Waals surface area contributed by atoms with Crippen LogP contribution in [-0.2, 0) is 9.59 Å². The molecule has 1 aromatic carbocycles. The number of carbonyl (C=O) groups excluding carboxylic acids is 2. The molecule has 0 saturated heterocycles. The zero-order valence-corrected chi connectivity index (χ0v) is 27.1. The van der Waals surface area contributed by atoms with Crippen molar-refractivity contribution < 1.29 is 9.59 Å². The predicted molar refractivity (Wildman–Crippen MR) is 173 cm³/mol. The third kappa shape index (κ3) is 27.8. The van der Waals surface area contributed by atoms with E-state index >= 15 is 0 Å². The number of nitrogens with zero attached hydrogens (tertiary/aromatic N) is 2. The summed E-state index contributed by atoms with van der Waals surface area (Å²) in [6, 6.07) is 7.15. The number of amides is 1. The maximum Gasteiger partial charge on any atom is 0.207 e. The van der Waals surface area contributed by atoms with Gasteiger partial charge in [-0.1, -0.05) is 69.0 Å². The Balaban J connectivity index is -0.000000124. The molecule has 1 N–H and O–H groups in total. The summed E-state index contributed by atoms with van der Waals surface area (Å²) in [5.41, 5.74) is 2.70. The van der Waals surface area contributed by atoms with Crippen LogP contribution in [0.4, 0.5) is 5.69 Å². The molecule has 1 rings (SSSR count). The summed E-state index contributed by atoms with van der Waals surface area (Å²) in [5, 5.41) is 11.4. The molecular formula is C31H53Cl2N3O2. The summed E-state index contributed by atoms with van der Waals surface area (Å²) in [6.07, 6.45) is 6.40. The number of halogens is 2. The summed E-state index contributed by atoms with van der Waals surface area (Å²) in [5.74, 6) is 0. The van der Waals surface area contributed by atoms with Crippen molar-refractivity contribution in [3.63, 3.8) is 0 Å². The first-order chi connectivity index (χ1) is 18.0. The molecule has 1 unspecified atom stereocenters. The van der Waals surface area contributed by atoms with Gasteiger partial charge in [0.25, 0.3) is 0 Å². The van der Waals surface area contributed by atoms with Crippen molar-refractivity contribution in [1.29, 1.82) is 5.26 Å². The lowest BCUT2D eigenvalue weighted by Gasteiger charge is -2.37. The molecule has 38 heavy (non-hydrogen) atoms. The second-order valence-corrected chi connectivity index (χ2v) is 7.85. The number of benzene rings is 1. The van der Waals surface area contributed by atoms with Gasteiger partial charge in [0.05, 0.1) is 11.6 Å². The maximum atomic E-state index is 11.0. The van der Waals surface area contributed by atoms with Gasteiger partial charge < -0.3 is 15.0 Å². The minimum absolute atomic E-state index is 0.436. The molecule has 0 aliphatic heterocycles. The highest BCUT2D eigenvalue weighted by molar-refractivity contribution is 6.35. The van der Waals surface area contributed by atoms with E-state index in [1.807, 2.05) is 64.8 Å². The first-order valence-electron chi connectivity index (χ1n) is 12.4. The molecule has 1 aromatic rings. The minimum Gasteiger partial charge on any atom is -0.348 e. The molecular weight excluding hydrogens is 517 g/mol. The van der Waals surface area contributed by atoms with E-state index in [0.29, 0.717) is 10.0 Å². The van der Waals surface area contributed by atoms with E-state index in [2.05, 4.69) is 52.1 Å². The minimum atomic E-state index is -0.436. The van der Waals surface area contributed by atoms with Crippen molar-refractivity contribution in [2.75, 3.05) is 11.9 Å². The largest absolute Gasteiger partial charge is 0.348 e. The fourth-order valence-corrected chi connectivity index (χ4v) is 3.17. The van der Waals surface area contributed by atoms with E-state index in [9.17, 15) is 4.79 Å². The van der Waals surface area contributed by atoms with E-state index in [-0.39, 0.29) is 0 Å². The zero-order chi connectivity index (χ0) is 31.7. The molecule has 218 valence electrons. The van der Waals surface area contributed by atoms with Crippen LogP contribution >= 0.6 is 23.2 Å². The number of carbonyl (C=O) groups is 2. The van der Waals surface area contributed by atoms with Gasteiger partial charge in [-0.15, -0.1) is 32.9 Å². The Bertz CT molecular complexity index is 768. The molecule has 0 fully saturated rings. The van der Waals surface area contributed by atoms with Gasteiger partial charge in [-0.2, -0.15) is 5.26 Å². The van der Waals surface area contributed by atoms with E-state index in [1.165, 1.54) is 19.4 Å². The van der Waals surface area contributed by atoms with Gasteiger partial charge >= 0.3 is 0 Å². The molecule has 1 amide bonds. The van der Waals surface area contributed by atoms with Gasteiger partial charge in [-0.3, -0.25) is 4.79 Å². The Morgan fingerprint density at radius 3 is 1.66 bits per heavy atom. The summed E-state index contributed by atoms with van der Waals surface area (Å²) in [7, 11) is 1.94. The van der Waals surface area contributed by atoms with Gasteiger partial charge in [0.15, 0.2) is 0 Å². The third-order valence-electron chi connectivity index (χ3n) is 4.17. The Labute approximate surface area is 244 Å². The highest BCUT2D eigenvalue weighted by Gasteiger charge is 2.30. The number of nitrogens with one attached hydrogen (secondary N) is 1. The lowest BCUT2D eigenvalue weighted by Crippen LogP contribution is -2.48. The highest BCUT2D eigenvalue weighted by Crippen LogP contribution is 2.32. The van der Waals surface area contributed by atoms with Crippen LogP contribution < -0.4 is 10.2 Å². The van der Waals surface area contributed by atoms with Crippen LogP contribution in [0.25, 0.3) is 0 Å². The van der Waals surface area contributed by atoms with E-state index in [0.717, 1.165) is 43.3 Å². The number of hydrogen-bond donors (Lipinski definition) is 1. The van der Waals surface area contributed by atoms with Gasteiger partial charge in [0, 0.05) is 35.4 Å². The average Bonchev–Trinajstić information content (AvgIpc) is 2.89. The molecule has 5 nitrogen and oxygen atoms in total. The Morgan fingerprint density at radius 1 is 1.08 bits per heavy atom. The summed E-state index contributed by atoms with van der Waals surface area (Å²) < 4.78 is 0. The van der Waals surface area contributed by atoms with Gasteiger partial charge in [0.2, 0.25) is 6.41 Å². The van der Waals surface area contributed by atoms with Crippen LogP contribution in [-0.4, -0.2) is 25.3 Å². The monoisotopic (exact) mass is 569 g/mol. The lowest BCUT2D eigenvalue weighted by atomic mass is 9.90. The predicted octanol–water partition coefficient (Wildman–Crippen LogP) is 9.98. The van der Waals surface area contributed by atoms with E-state index < -0.39 is 5.54 Å². The standard InChI is InChI=1S/C16H22Cl2N2O.C5H10.C2H3N.C2H4O.C2H6.2C2H4/c1-5-7-16(3,19-11-21)15(6-2)20(4)14-9-12(17)8-13(18)10-14;1-4-5(2)3;2*1-2-3;3*1-2/h6,8-11H,5,7H2,1-4H3,(H,19,21);2,4H2,1,3H3;1H3;2H,1H3;1-2H3;2*1-2H2/b15-6+;;;;;;. The zero-order valence-electron chi connectivity index (χ0n) is 25.6. The van der Waals surface area contributed by atoms with Crippen LogP contribution in [0.1, 0.15) is 81.6 Å². The van der Waals surface area contributed by atoms with Crippen molar-refractivity contribution in [2.45, 2.75) is 87.1 Å². The van der Waals surface area contributed by atoms with Crippen molar-refractivity contribution in [1.82, 2.24) is 5.32 Å². The molecule has 0 heterocycles. The molecule has 1 atom stereocenters. The third-order valence-corrected chi connectivity index (χ3v) is 4.60. The van der Waals surface area contributed by atoms with Crippen LogP contribution in [0.5, 0.6) is 0 Å². The molecule has 7 heteroatoms. The number of aldehydes is 1. The molecule has 0 aromatic heterocycles. The summed E-state index contributed by atoms with van der Waals surface area (Å²) >= 11 is 12.2. The van der Waals surface area contributed by atoms with Crippen molar-refractivity contribution in [3.05, 3.63) is 78.5 Å². The maximum absolute atomic E-state index is 11.0. The van der Waals surface area contributed by atoms with Gasteiger partial charge in [0.1, 0.15) is 6.29 Å². The topological polar surface area (TPSA) is 73.2 Å². The number of nitriles is 1. The number of likely N-dealkylation sites (N-methyl/N-ethyl adjacent to an activating group) is 1. The van der Waals surface area contributed by atoms with Crippen molar-refractivity contribution in [2.24, 2.45) is 0 Å². The summed E-state index contributed by atoms with van der Waals surface area (Å²) in [6.45, 7) is 32.7. The molecule has 0 aliphatic carbocycles. The number of rotatable bonds is 8. The van der Waals surface area contributed by atoms with E-state index in [1.54, 1.807) is 12.1 Å². The van der Waals surface area contributed by atoms with Crippen LogP contribution in [0.15, 0.2) is 68.4 Å². The SMILES string of the molecule is C/C=C(/N(C)c1cc(Cl)cc(Cl)c1)C(C)(CCC)NC=O.C=C.C=C.C=C(C)CC.CC.CC#N.CC=O. The van der Waals surface area contributed by atoms with Gasteiger partial charge in [-0.25, -0.2) is 0 Å². The smallest absolute Gasteiger partial charge is 0.207 e. The molecule has 0 spiro atoms. The van der Waals surface area contributed by atoms with Crippen molar-refractivity contribution >= 4 is 41.6 Å². The normalized spacial score (nSPS) is 9.92. The first kappa shape index (κ1) is 48.3. The Kier molecular flexibility index (Phi) is 46.2. The summed E-state index contributed by atoms with van der Waals surface area (Å²) in [4.78, 5) is 21.8. The van der Waals surface area contributed by atoms with Gasteiger partial charge in [-0.05, 0) is 58.7 Å². The average molecular weight is 571 g/mol. The molecule has 0 radical (unpaired) electrons. The molecule has 0 saturated carbocycles. The quantitative estimate of drug-likeness (QED) is 0.249. The Morgan fingerprint density at radius 2 is 1.42 bits per heavy atom. The molecule has 0 bridgehead atoms. The second-order valence-electron chi connectivity index (χ2n) is 6.97. The first-order valence-corrected chi connectivity index (χ1v) is 13.2. The Hall–Kier alpha value is -2.81. The fourth-order valence-electron chi connectivity index (χ4n) is 2.66. The second kappa shape index (κ2) is 36.3. The number of hydrogen-bond acceptors (Lipinski definition) is 4. The highest BCUT2D eigenvalue weighted by atomic mass is 35.5. The number of anilines is 1. The van der Waals surface area contributed by atoms with Crippen LogP contribution in [0.3, 0.4) is 0 Å². The number of allylic oxidation sites excluding steroid dienone is 2. The van der Waals surface area contributed by atoms with Crippen LogP contribution in [0.2, 0.25) is 10.0 Å². The van der Waals surface area contributed by atoms with Crippen molar-refractivity contribution in [3.8, 4) is 6.07 Å². The fraction of sp³-hybridized carbons (Fsp3) is 0.452.